The molecule has 4 heteroatoms. The molecule has 0 fully saturated rings. The highest BCUT2D eigenvalue weighted by atomic mass is 32.1. The topological polar surface area (TPSA) is 3.24 Å². The van der Waals surface area contributed by atoms with E-state index in [-0.39, 0.29) is 5.56 Å². The molecule has 0 atom stereocenters. The van der Waals surface area contributed by atoms with Gasteiger partial charge in [0.25, 0.3) is 6.43 Å². The first kappa shape index (κ1) is 15.5. The Morgan fingerprint density at radius 1 is 1.18 bits per heavy atom. The molecule has 0 unspecified atom stereocenters. The number of aryl methyl sites for hydroxylation is 2. The first-order valence-corrected chi connectivity index (χ1v) is 8.57. The lowest BCUT2D eigenvalue weighted by molar-refractivity contribution is 0.152. The van der Waals surface area contributed by atoms with Gasteiger partial charge in [-0.15, -0.1) is 11.3 Å². The Kier molecular flexibility index (Phi) is 4.22. The molecule has 118 valence electrons. The summed E-state index contributed by atoms with van der Waals surface area (Å²) in [5, 5.41) is 0. The van der Waals surface area contributed by atoms with Crippen LogP contribution < -0.4 is 4.90 Å². The second-order valence-electron chi connectivity index (χ2n) is 6.17. The molecule has 2 aromatic rings. The van der Waals surface area contributed by atoms with E-state index < -0.39 is 6.43 Å². The number of halogens is 2. The molecule has 0 bridgehead atoms. The first-order valence-electron chi connectivity index (χ1n) is 7.76. The highest BCUT2D eigenvalue weighted by Gasteiger charge is 2.24. The van der Waals surface area contributed by atoms with Crippen molar-refractivity contribution in [3.8, 4) is 10.4 Å². The van der Waals surface area contributed by atoms with Crippen LogP contribution in [0, 0.1) is 6.92 Å². The molecule has 1 aromatic heterocycles. The standard InChI is InChI=1S/C18H21F2NS/c1-11(2)21-8-4-5-13-9-14(17-7-6-12(3)22-17)15(18(19)20)10-16(13)21/h6-7,9-11,18H,4-5,8H2,1-3H3. The zero-order chi connectivity index (χ0) is 15.9. The van der Waals surface area contributed by atoms with E-state index in [1.165, 1.54) is 5.56 Å². The Hall–Kier alpha value is -1.42. The van der Waals surface area contributed by atoms with E-state index >= 15 is 0 Å². The molecule has 0 saturated heterocycles. The molecule has 1 aliphatic heterocycles. The molecule has 3 rings (SSSR count). The fraction of sp³-hybridized carbons (Fsp3) is 0.444. The Morgan fingerprint density at radius 2 is 1.95 bits per heavy atom. The predicted octanol–water partition coefficient (Wildman–Crippen LogP) is 5.82. The summed E-state index contributed by atoms with van der Waals surface area (Å²) >= 11 is 1.58. The van der Waals surface area contributed by atoms with E-state index in [0.717, 1.165) is 34.8 Å². The van der Waals surface area contributed by atoms with E-state index in [1.54, 1.807) is 17.4 Å². The van der Waals surface area contributed by atoms with E-state index in [4.69, 9.17) is 0 Å². The van der Waals surface area contributed by atoms with Crippen LogP contribution in [0.25, 0.3) is 10.4 Å². The van der Waals surface area contributed by atoms with Crippen molar-refractivity contribution in [2.75, 3.05) is 11.4 Å². The molecule has 0 aliphatic carbocycles. The van der Waals surface area contributed by atoms with E-state index in [1.807, 2.05) is 25.1 Å². The number of benzene rings is 1. The molecular formula is C18H21F2NS. The van der Waals surface area contributed by atoms with Crippen LogP contribution in [-0.2, 0) is 6.42 Å². The highest BCUT2D eigenvalue weighted by molar-refractivity contribution is 7.15. The second kappa shape index (κ2) is 5.99. The van der Waals surface area contributed by atoms with Crippen LogP contribution in [0.2, 0.25) is 0 Å². The van der Waals surface area contributed by atoms with Gasteiger partial charge in [-0.05, 0) is 63.4 Å². The van der Waals surface area contributed by atoms with Gasteiger partial charge in [-0.25, -0.2) is 8.78 Å². The number of rotatable bonds is 3. The van der Waals surface area contributed by atoms with Crippen molar-refractivity contribution in [2.45, 2.75) is 46.1 Å². The zero-order valence-electron chi connectivity index (χ0n) is 13.2. The molecule has 0 saturated carbocycles. The number of hydrogen-bond donors (Lipinski definition) is 0. The number of fused-ring (bicyclic) bond motifs is 1. The Bertz CT molecular complexity index is 676. The number of alkyl halides is 2. The minimum atomic E-state index is -2.45. The molecule has 1 aliphatic rings. The van der Waals surface area contributed by atoms with Crippen molar-refractivity contribution in [1.29, 1.82) is 0 Å². The molecule has 0 radical (unpaired) electrons. The van der Waals surface area contributed by atoms with Gasteiger partial charge in [-0.3, -0.25) is 0 Å². The molecular weight excluding hydrogens is 300 g/mol. The van der Waals surface area contributed by atoms with E-state index in [0.29, 0.717) is 11.6 Å². The fourth-order valence-electron chi connectivity index (χ4n) is 3.19. The van der Waals surface area contributed by atoms with Crippen LogP contribution in [0.1, 0.15) is 42.7 Å². The van der Waals surface area contributed by atoms with Crippen LogP contribution in [0.4, 0.5) is 14.5 Å². The Balaban J connectivity index is 2.16. The monoisotopic (exact) mass is 321 g/mol. The maximum Gasteiger partial charge on any atom is 0.264 e. The average molecular weight is 321 g/mol. The lowest BCUT2D eigenvalue weighted by atomic mass is 9.94. The number of nitrogens with zero attached hydrogens (tertiary/aromatic N) is 1. The van der Waals surface area contributed by atoms with Gasteiger partial charge in [0, 0.05) is 39.2 Å². The maximum atomic E-state index is 13.6. The largest absolute Gasteiger partial charge is 0.369 e. The van der Waals surface area contributed by atoms with Crippen molar-refractivity contribution in [1.82, 2.24) is 0 Å². The molecule has 0 N–H and O–H groups in total. The van der Waals surface area contributed by atoms with Gasteiger partial charge in [0.05, 0.1) is 0 Å². The third-order valence-corrected chi connectivity index (χ3v) is 5.30. The zero-order valence-corrected chi connectivity index (χ0v) is 14.0. The summed E-state index contributed by atoms with van der Waals surface area (Å²) in [6, 6.07) is 8.01. The lowest BCUT2D eigenvalue weighted by Gasteiger charge is -2.35. The second-order valence-corrected chi connectivity index (χ2v) is 7.46. The third-order valence-electron chi connectivity index (χ3n) is 4.27. The van der Waals surface area contributed by atoms with Crippen LogP contribution in [-0.4, -0.2) is 12.6 Å². The van der Waals surface area contributed by atoms with Crippen molar-refractivity contribution in [3.63, 3.8) is 0 Å². The van der Waals surface area contributed by atoms with Gasteiger partial charge >= 0.3 is 0 Å². The number of hydrogen-bond acceptors (Lipinski definition) is 2. The highest BCUT2D eigenvalue weighted by Crippen LogP contribution is 2.41. The summed E-state index contributed by atoms with van der Waals surface area (Å²) in [6.07, 6.45) is -0.389. The van der Waals surface area contributed by atoms with E-state index in [9.17, 15) is 8.78 Å². The van der Waals surface area contributed by atoms with E-state index in [2.05, 4.69) is 18.7 Å². The summed E-state index contributed by atoms with van der Waals surface area (Å²) in [5.74, 6) is 0. The molecule has 1 aromatic carbocycles. The Morgan fingerprint density at radius 3 is 2.55 bits per heavy atom. The fourth-order valence-corrected chi connectivity index (χ4v) is 4.09. The molecule has 0 amide bonds. The van der Waals surface area contributed by atoms with Gasteiger partial charge < -0.3 is 4.90 Å². The molecule has 0 spiro atoms. The van der Waals surface area contributed by atoms with Crippen LogP contribution >= 0.6 is 11.3 Å². The number of anilines is 1. The van der Waals surface area contributed by atoms with Gasteiger partial charge in [-0.1, -0.05) is 0 Å². The van der Waals surface area contributed by atoms with Crippen LogP contribution in [0.15, 0.2) is 24.3 Å². The minimum absolute atomic E-state index is 0.160. The predicted molar refractivity (Wildman–Crippen MR) is 90.3 cm³/mol. The third kappa shape index (κ3) is 2.76. The lowest BCUT2D eigenvalue weighted by Crippen LogP contribution is -2.35. The average Bonchev–Trinajstić information content (AvgIpc) is 2.91. The van der Waals surface area contributed by atoms with Gasteiger partial charge in [0.2, 0.25) is 0 Å². The first-order chi connectivity index (χ1) is 10.5. The molecule has 1 nitrogen and oxygen atoms in total. The maximum absolute atomic E-state index is 13.6. The SMILES string of the molecule is Cc1ccc(-c2cc3c(cc2C(F)F)N(C(C)C)CCC3)s1. The summed E-state index contributed by atoms with van der Waals surface area (Å²) < 4.78 is 27.2. The smallest absolute Gasteiger partial charge is 0.264 e. The van der Waals surface area contributed by atoms with Crippen LogP contribution in [0.3, 0.4) is 0 Å². The summed E-state index contributed by atoms with van der Waals surface area (Å²) in [4.78, 5) is 4.34. The van der Waals surface area contributed by atoms with Crippen molar-refractivity contribution in [2.24, 2.45) is 0 Å². The van der Waals surface area contributed by atoms with Gasteiger partial charge in [0.15, 0.2) is 0 Å². The van der Waals surface area contributed by atoms with Crippen molar-refractivity contribution in [3.05, 3.63) is 40.3 Å². The van der Waals surface area contributed by atoms with Crippen molar-refractivity contribution >= 4 is 17.0 Å². The number of thiophene rings is 1. The summed E-state index contributed by atoms with van der Waals surface area (Å²) in [5.41, 5.74) is 3.06. The minimum Gasteiger partial charge on any atom is -0.369 e. The summed E-state index contributed by atoms with van der Waals surface area (Å²) in [7, 11) is 0. The van der Waals surface area contributed by atoms with Crippen molar-refractivity contribution < 1.29 is 8.78 Å². The van der Waals surface area contributed by atoms with Gasteiger partial charge in [-0.2, -0.15) is 0 Å². The van der Waals surface area contributed by atoms with Gasteiger partial charge in [0.1, 0.15) is 0 Å². The summed E-state index contributed by atoms with van der Waals surface area (Å²) in [6.45, 7) is 7.20. The molecule has 22 heavy (non-hydrogen) atoms. The normalized spacial score (nSPS) is 14.8. The Labute approximate surface area is 134 Å². The molecule has 2 heterocycles. The van der Waals surface area contributed by atoms with Crippen LogP contribution in [0.5, 0.6) is 0 Å². The quantitative estimate of drug-likeness (QED) is 0.688.